The number of nitrogens with one attached hydrogen (secondary N) is 1. The normalized spacial score (nSPS) is 15.8. The fourth-order valence-corrected chi connectivity index (χ4v) is 3.38. The van der Waals surface area contributed by atoms with Crippen molar-refractivity contribution in [2.45, 2.75) is 19.4 Å². The zero-order valence-corrected chi connectivity index (χ0v) is 17.3. The summed E-state index contributed by atoms with van der Waals surface area (Å²) in [4.78, 5) is 21.3. The van der Waals surface area contributed by atoms with E-state index in [1.165, 1.54) is 0 Å². The maximum absolute atomic E-state index is 12.5. The molecule has 4 aromatic rings. The van der Waals surface area contributed by atoms with E-state index in [-0.39, 0.29) is 30.9 Å². The van der Waals surface area contributed by atoms with Crippen LogP contribution in [0, 0.1) is 6.92 Å². The summed E-state index contributed by atoms with van der Waals surface area (Å²) in [6.07, 6.45) is 6.59. The minimum atomic E-state index is -0.428. The number of aromatic nitrogens is 3. The molecule has 5 rings (SSSR count). The Morgan fingerprint density at radius 1 is 1.24 bits per heavy atom. The maximum Gasteiger partial charge on any atom is 0.345 e. The Kier molecular flexibility index (Phi) is 6.12. The third-order valence-electron chi connectivity index (χ3n) is 4.74. The van der Waals surface area contributed by atoms with Crippen molar-refractivity contribution in [2.75, 3.05) is 13.1 Å². The molecule has 0 spiro atoms. The van der Waals surface area contributed by atoms with Gasteiger partial charge in [-0.25, -0.2) is 14.8 Å². The molecule has 0 saturated carbocycles. The molecule has 1 saturated heterocycles. The molecular weight excluding hydrogens is 415 g/mol. The van der Waals surface area contributed by atoms with Crippen LogP contribution < -0.4 is 15.7 Å². The van der Waals surface area contributed by atoms with Gasteiger partial charge in [-0.2, -0.15) is 0 Å². The van der Waals surface area contributed by atoms with Gasteiger partial charge in [0.2, 0.25) is 5.78 Å². The van der Waals surface area contributed by atoms with Crippen molar-refractivity contribution in [1.82, 2.24) is 19.7 Å². The van der Waals surface area contributed by atoms with Gasteiger partial charge in [0.15, 0.2) is 0 Å². The molecule has 3 aromatic heterocycles. The van der Waals surface area contributed by atoms with Gasteiger partial charge < -0.3 is 14.5 Å². The Labute approximate surface area is 178 Å². The van der Waals surface area contributed by atoms with Gasteiger partial charge in [0.25, 0.3) is 0 Å². The predicted molar refractivity (Wildman–Crippen MR) is 116 cm³/mol. The highest BCUT2D eigenvalue weighted by atomic mass is 35.5. The second-order valence-electron chi connectivity index (χ2n) is 6.84. The lowest BCUT2D eigenvalue weighted by atomic mass is 10.1. The molecule has 1 aliphatic rings. The zero-order chi connectivity index (χ0) is 18.4. The van der Waals surface area contributed by atoms with Crippen molar-refractivity contribution in [1.29, 1.82) is 0 Å². The lowest BCUT2D eigenvalue weighted by Crippen LogP contribution is -2.19. The Hall–Kier alpha value is -2.61. The van der Waals surface area contributed by atoms with Crippen LogP contribution in [0.4, 0.5) is 0 Å². The lowest BCUT2D eigenvalue weighted by molar-refractivity contribution is 0.223. The highest BCUT2D eigenvalue weighted by Gasteiger charge is 2.17. The third-order valence-corrected chi connectivity index (χ3v) is 4.74. The number of fused-ring (bicyclic) bond motifs is 2. The number of imidazole rings is 1. The average molecular weight is 435 g/mol. The number of hydrogen-bond donors (Lipinski definition) is 1. The van der Waals surface area contributed by atoms with Gasteiger partial charge in [-0.1, -0.05) is 0 Å². The Morgan fingerprint density at radius 2 is 2.10 bits per heavy atom. The molecule has 1 aromatic carbocycles. The van der Waals surface area contributed by atoms with Crippen LogP contribution in [0.5, 0.6) is 5.75 Å². The van der Waals surface area contributed by atoms with Crippen LogP contribution in [0.25, 0.3) is 28.0 Å². The van der Waals surface area contributed by atoms with E-state index in [4.69, 9.17) is 9.15 Å². The molecule has 9 heteroatoms. The summed E-state index contributed by atoms with van der Waals surface area (Å²) in [6.45, 7) is 3.75. The minimum Gasteiger partial charge on any atom is -0.489 e. The van der Waals surface area contributed by atoms with Crippen LogP contribution in [0.15, 0.2) is 52.1 Å². The minimum absolute atomic E-state index is 0. The molecule has 152 valence electrons. The van der Waals surface area contributed by atoms with E-state index in [1.54, 1.807) is 28.9 Å². The van der Waals surface area contributed by atoms with Gasteiger partial charge in [0.1, 0.15) is 17.4 Å². The monoisotopic (exact) mass is 434 g/mol. The van der Waals surface area contributed by atoms with Crippen molar-refractivity contribution in [3.63, 3.8) is 0 Å². The standard InChI is InChI=1S/C20H18N4O3.2ClH/c1-12-8-22-20-23-17(11-24(20)10-12)16-6-13-2-3-14(7-18(13)27-19(16)25)26-15-4-5-21-9-15;;/h2-3,6-8,10-11,15,21H,4-5,9H2,1H3;2*1H/t15-;;/m1../s1. The largest absolute Gasteiger partial charge is 0.489 e. The zero-order valence-electron chi connectivity index (χ0n) is 15.6. The van der Waals surface area contributed by atoms with Gasteiger partial charge in [0.05, 0.1) is 11.3 Å². The molecule has 0 unspecified atom stereocenters. The van der Waals surface area contributed by atoms with Crippen molar-refractivity contribution in [3.8, 4) is 17.0 Å². The number of rotatable bonds is 3. The van der Waals surface area contributed by atoms with Gasteiger partial charge in [-0.05, 0) is 43.7 Å². The molecule has 0 radical (unpaired) electrons. The van der Waals surface area contributed by atoms with E-state index in [1.807, 2.05) is 25.3 Å². The number of halogens is 2. The number of aryl methyl sites for hydroxylation is 1. The van der Waals surface area contributed by atoms with E-state index in [0.717, 1.165) is 30.5 Å². The lowest BCUT2D eigenvalue weighted by Gasteiger charge is -2.12. The van der Waals surface area contributed by atoms with Crippen LogP contribution in [0.3, 0.4) is 0 Å². The third kappa shape index (κ3) is 4.07. The molecular formula is C20H20Cl2N4O3. The van der Waals surface area contributed by atoms with Gasteiger partial charge in [0, 0.05) is 36.6 Å². The Morgan fingerprint density at radius 3 is 2.90 bits per heavy atom. The average Bonchev–Trinajstić information content (AvgIpc) is 3.30. The summed E-state index contributed by atoms with van der Waals surface area (Å²) in [7, 11) is 0. The number of hydrogen-bond acceptors (Lipinski definition) is 6. The quantitative estimate of drug-likeness (QED) is 0.497. The maximum atomic E-state index is 12.5. The van der Waals surface area contributed by atoms with Crippen molar-refractivity contribution >= 4 is 41.6 Å². The number of benzene rings is 1. The summed E-state index contributed by atoms with van der Waals surface area (Å²) in [5.74, 6) is 1.25. The van der Waals surface area contributed by atoms with Crippen LogP contribution in [-0.4, -0.2) is 33.6 Å². The molecule has 0 amide bonds. The SMILES string of the molecule is Cc1cnc2nc(-c3cc4ccc(O[C@@H]5CCNC5)cc4oc3=O)cn2c1.Cl.Cl. The first kappa shape index (κ1) is 21.1. The van der Waals surface area contributed by atoms with Gasteiger partial charge >= 0.3 is 5.63 Å². The molecule has 0 bridgehead atoms. The highest BCUT2D eigenvalue weighted by molar-refractivity contribution is 5.85. The molecule has 7 nitrogen and oxygen atoms in total. The van der Waals surface area contributed by atoms with E-state index >= 15 is 0 Å². The van der Waals surface area contributed by atoms with Crippen LogP contribution in [0.1, 0.15) is 12.0 Å². The summed E-state index contributed by atoms with van der Waals surface area (Å²) >= 11 is 0. The second kappa shape index (κ2) is 8.41. The first-order chi connectivity index (χ1) is 13.2. The molecule has 4 heterocycles. The van der Waals surface area contributed by atoms with Crippen molar-refractivity contribution < 1.29 is 9.15 Å². The Bertz CT molecular complexity index is 1220. The molecule has 1 fully saturated rings. The molecule has 1 aliphatic heterocycles. The second-order valence-corrected chi connectivity index (χ2v) is 6.84. The van der Waals surface area contributed by atoms with Crippen molar-refractivity contribution in [3.05, 3.63) is 58.8 Å². The summed E-state index contributed by atoms with van der Waals surface area (Å²) < 4.78 is 13.3. The smallest absolute Gasteiger partial charge is 0.345 e. The van der Waals surface area contributed by atoms with E-state index in [0.29, 0.717) is 28.4 Å². The Balaban J connectivity index is 0.00000120. The molecule has 29 heavy (non-hydrogen) atoms. The van der Waals surface area contributed by atoms with Crippen LogP contribution in [0.2, 0.25) is 0 Å². The van der Waals surface area contributed by atoms with Crippen LogP contribution >= 0.6 is 24.8 Å². The number of nitrogens with zero attached hydrogens (tertiary/aromatic N) is 3. The summed E-state index contributed by atoms with van der Waals surface area (Å²) in [5, 5.41) is 4.09. The van der Waals surface area contributed by atoms with E-state index in [2.05, 4.69) is 15.3 Å². The summed E-state index contributed by atoms with van der Waals surface area (Å²) in [5.41, 5.74) is 2.05. The molecule has 0 aliphatic carbocycles. The van der Waals surface area contributed by atoms with Crippen LogP contribution in [-0.2, 0) is 0 Å². The van der Waals surface area contributed by atoms with Gasteiger partial charge in [-0.15, -0.1) is 24.8 Å². The predicted octanol–water partition coefficient (Wildman–Crippen LogP) is 3.40. The fourth-order valence-electron chi connectivity index (χ4n) is 3.38. The summed E-state index contributed by atoms with van der Waals surface area (Å²) in [6, 6.07) is 7.38. The first-order valence-corrected chi connectivity index (χ1v) is 8.93. The van der Waals surface area contributed by atoms with Gasteiger partial charge in [-0.3, -0.25) is 4.40 Å². The van der Waals surface area contributed by atoms with Crippen molar-refractivity contribution in [2.24, 2.45) is 0 Å². The molecule has 1 N–H and O–H groups in total. The van der Waals surface area contributed by atoms with E-state index in [9.17, 15) is 4.79 Å². The fraction of sp³-hybridized carbons (Fsp3) is 0.250. The first-order valence-electron chi connectivity index (χ1n) is 8.93. The topological polar surface area (TPSA) is 81.7 Å². The van der Waals surface area contributed by atoms with E-state index < -0.39 is 5.63 Å². The molecule has 1 atom stereocenters. The highest BCUT2D eigenvalue weighted by Crippen LogP contribution is 2.25. The number of ether oxygens (including phenoxy) is 1.